The maximum absolute atomic E-state index is 12.8. The molecule has 1 amide bonds. The highest BCUT2D eigenvalue weighted by molar-refractivity contribution is 6.09. The SMILES string of the molecule is Cc1cccc(C(=O)Nc2cccc3c(=O)n(CC(C)(C)C)ccc23)c1. The van der Waals surface area contributed by atoms with E-state index in [1.807, 2.05) is 37.3 Å². The monoisotopic (exact) mass is 348 g/mol. The third kappa shape index (κ3) is 3.85. The van der Waals surface area contributed by atoms with Gasteiger partial charge in [0.2, 0.25) is 0 Å². The van der Waals surface area contributed by atoms with Crippen LogP contribution in [0.3, 0.4) is 0 Å². The van der Waals surface area contributed by atoms with Crippen LogP contribution in [-0.4, -0.2) is 10.5 Å². The molecule has 0 spiro atoms. The number of fused-ring (bicyclic) bond motifs is 1. The average Bonchev–Trinajstić information content (AvgIpc) is 2.57. The van der Waals surface area contributed by atoms with Gasteiger partial charge in [-0.25, -0.2) is 0 Å². The van der Waals surface area contributed by atoms with Crippen LogP contribution in [0.5, 0.6) is 0 Å². The summed E-state index contributed by atoms with van der Waals surface area (Å²) in [6.07, 6.45) is 1.80. The molecule has 0 unspecified atom stereocenters. The van der Waals surface area contributed by atoms with Crippen LogP contribution in [0, 0.1) is 12.3 Å². The zero-order chi connectivity index (χ0) is 18.9. The molecule has 1 N–H and O–H groups in total. The van der Waals surface area contributed by atoms with Crippen molar-refractivity contribution in [2.45, 2.75) is 34.2 Å². The predicted octanol–water partition coefficient (Wildman–Crippen LogP) is 4.61. The fraction of sp³-hybridized carbons (Fsp3) is 0.273. The van der Waals surface area contributed by atoms with Gasteiger partial charge in [-0.3, -0.25) is 9.59 Å². The van der Waals surface area contributed by atoms with E-state index in [2.05, 4.69) is 26.1 Å². The Kier molecular flexibility index (Phi) is 4.68. The van der Waals surface area contributed by atoms with Gasteiger partial charge in [-0.1, -0.05) is 44.5 Å². The van der Waals surface area contributed by atoms with Gasteiger partial charge < -0.3 is 9.88 Å². The van der Waals surface area contributed by atoms with Crippen LogP contribution >= 0.6 is 0 Å². The summed E-state index contributed by atoms with van der Waals surface area (Å²) in [5, 5.41) is 4.30. The van der Waals surface area contributed by atoms with E-state index in [1.165, 1.54) is 0 Å². The van der Waals surface area contributed by atoms with Crippen molar-refractivity contribution in [3.8, 4) is 0 Å². The van der Waals surface area contributed by atoms with Gasteiger partial charge in [0.1, 0.15) is 0 Å². The molecule has 1 heterocycles. The number of nitrogens with zero attached hydrogens (tertiary/aromatic N) is 1. The molecule has 0 atom stereocenters. The molecule has 0 fully saturated rings. The summed E-state index contributed by atoms with van der Waals surface area (Å²) in [5.41, 5.74) is 2.25. The number of anilines is 1. The predicted molar refractivity (Wildman–Crippen MR) is 107 cm³/mol. The van der Waals surface area contributed by atoms with Crippen molar-refractivity contribution in [1.29, 1.82) is 0 Å². The fourth-order valence-electron chi connectivity index (χ4n) is 3.04. The highest BCUT2D eigenvalue weighted by Gasteiger charge is 2.15. The lowest BCUT2D eigenvalue weighted by Gasteiger charge is -2.20. The Morgan fingerprint density at radius 1 is 1.04 bits per heavy atom. The average molecular weight is 348 g/mol. The van der Waals surface area contributed by atoms with Crippen molar-refractivity contribution < 1.29 is 4.79 Å². The Hall–Kier alpha value is -2.88. The van der Waals surface area contributed by atoms with Crippen LogP contribution in [0.4, 0.5) is 5.69 Å². The summed E-state index contributed by atoms with van der Waals surface area (Å²) in [5.74, 6) is -0.180. The largest absolute Gasteiger partial charge is 0.321 e. The number of hydrogen-bond acceptors (Lipinski definition) is 2. The lowest BCUT2D eigenvalue weighted by atomic mass is 9.96. The van der Waals surface area contributed by atoms with Crippen molar-refractivity contribution in [1.82, 2.24) is 4.57 Å². The number of nitrogens with one attached hydrogen (secondary N) is 1. The van der Waals surface area contributed by atoms with Gasteiger partial charge in [0.25, 0.3) is 11.5 Å². The smallest absolute Gasteiger partial charge is 0.258 e. The van der Waals surface area contributed by atoms with E-state index in [0.717, 1.165) is 10.9 Å². The zero-order valence-corrected chi connectivity index (χ0v) is 15.7. The van der Waals surface area contributed by atoms with E-state index in [-0.39, 0.29) is 16.9 Å². The van der Waals surface area contributed by atoms with Gasteiger partial charge in [0, 0.05) is 34.8 Å². The normalized spacial score (nSPS) is 11.5. The van der Waals surface area contributed by atoms with Crippen molar-refractivity contribution in [3.63, 3.8) is 0 Å². The first-order chi connectivity index (χ1) is 12.2. The second-order valence-corrected chi connectivity index (χ2v) is 7.90. The highest BCUT2D eigenvalue weighted by Crippen LogP contribution is 2.23. The standard InChI is InChI=1S/C22H24N2O2/c1-15-7-5-8-16(13-15)20(25)23-19-10-6-9-18-17(19)11-12-24(21(18)26)14-22(2,3)4/h5-13H,14H2,1-4H3,(H,23,25). The number of rotatable bonds is 3. The summed E-state index contributed by atoms with van der Waals surface area (Å²) >= 11 is 0. The molecule has 0 aliphatic carbocycles. The molecule has 3 aromatic rings. The van der Waals surface area contributed by atoms with Crippen LogP contribution in [0.2, 0.25) is 0 Å². The number of hydrogen-bond donors (Lipinski definition) is 1. The van der Waals surface area contributed by atoms with E-state index < -0.39 is 0 Å². The van der Waals surface area contributed by atoms with E-state index in [0.29, 0.717) is 23.2 Å². The minimum atomic E-state index is -0.180. The molecule has 134 valence electrons. The number of aromatic nitrogens is 1. The molecule has 0 saturated heterocycles. The maximum Gasteiger partial charge on any atom is 0.258 e. The first kappa shape index (κ1) is 17.9. The number of carbonyl (C=O) groups excluding carboxylic acids is 1. The number of carbonyl (C=O) groups is 1. The summed E-state index contributed by atoms with van der Waals surface area (Å²) in [7, 11) is 0. The van der Waals surface area contributed by atoms with Crippen LogP contribution in [0.15, 0.2) is 59.5 Å². The van der Waals surface area contributed by atoms with Crippen LogP contribution in [0.25, 0.3) is 10.8 Å². The quantitative estimate of drug-likeness (QED) is 0.751. The van der Waals surface area contributed by atoms with Crippen LogP contribution < -0.4 is 10.9 Å². The molecule has 26 heavy (non-hydrogen) atoms. The third-order valence-corrected chi connectivity index (χ3v) is 4.19. The van der Waals surface area contributed by atoms with Gasteiger partial charge in [-0.2, -0.15) is 0 Å². The lowest BCUT2D eigenvalue weighted by Crippen LogP contribution is -2.26. The molecular formula is C22H24N2O2. The minimum absolute atomic E-state index is 0.00843. The molecule has 0 bridgehead atoms. The first-order valence-corrected chi connectivity index (χ1v) is 8.75. The molecule has 0 aliphatic rings. The van der Waals surface area contributed by atoms with E-state index in [9.17, 15) is 9.59 Å². The lowest BCUT2D eigenvalue weighted by molar-refractivity contribution is 0.102. The molecule has 4 heteroatoms. The Labute approximate surface area is 153 Å². The van der Waals surface area contributed by atoms with Crippen molar-refractivity contribution in [2.24, 2.45) is 5.41 Å². The molecule has 0 aliphatic heterocycles. The van der Waals surface area contributed by atoms with Gasteiger partial charge >= 0.3 is 0 Å². The molecular weight excluding hydrogens is 324 g/mol. The second kappa shape index (κ2) is 6.79. The van der Waals surface area contributed by atoms with Crippen molar-refractivity contribution >= 4 is 22.4 Å². The van der Waals surface area contributed by atoms with E-state index in [1.54, 1.807) is 29.0 Å². The number of amides is 1. The van der Waals surface area contributed by atoms with Gasteiger partial charge in [-0.05, 0) is 42.7 Å². The van der Waals surface area contributed by atoms with Crippen LogP contribution in [0.1, 0.15) is 36.7 Å². The maximum atomic E-state index is 12.8. The number of aryl methyl sites for hydroxylation is 1. The van der Waals surface area contributed by atoms with Crippen molar-refractivity contribution in [3.05, 3.63) is 76.2 Å². The van der Waals surface area contributed by atoms with E-state index >= 15 is 0 Å². The Bertz CT molecular complexity index is 1030. The Balaban J connectivity index is 1.99. The molecule has 4 nitrogen and oxygen atoms in total. The van der Waals surface area contributed by atoms with Gasteiger partial charge in [-0.15, -0.1) is 0 Å². The second-order valence-electron chi connectivity index (χ2n) is 7.90. The summed E-state index contributed by atoms with van der Waals surface area (Å²) < 4.78 is 1.73. The van der Waals surface area contributed by atoms with Gasteiger partial charge in [0.05, 0.1) is 0 Å². The summed E-state index contributed by atoms with van der Waals surface area (Å²) in [6.45, 7) is 8.89. The fourth-order valence-corrected chi connectivity index (χ4v) is 3.04. The number of benzene rings is 2. The summed E-state index contributed by atoms with van der Waals surface area (Å²) in [4.78, 5) is 25.4. The molecule has 2 aromatic carbocycles. The highest BCUT2D eigenvalue weighted by atomic mass is 16.1. The Morgan fingerprint density at radius 2 is 1.77 bits per heavy atom. The van der Waals surface area contributed by atoms with Crippen molar-refractivity contribution in [2.75, 3.05) is 5.32 Å². The first-order valence-electron chi connectivity index (χ1n) is 8.75. The third-order valence-electron chi connectivity index (χ3n) is 4.19. The molecule has 1 aromatic heterocycles. The number of pyridine rings is 1. The Morgan fingerprint density at radius 3 is 2.46 bits per heavy atom. The molecule has 3 rings (SSSR count). The molecule has 0 radical (unpaired) electrons. The minimum Gasteiger partial charge on any atom is -0.321 e. The zero-order valence-electron chi connectivity index (χ0n) is 15.7. The molecule has 0 saturated carbocycles. The van der Waals surface area contributed by atoms with E-state index in [4.69, 9.17) is 0 Å². The van der Waals surface area contributed by atoms with Crippen LogP contribution in [-0.2, 0) is 6.54 Å². The van der Waals surface area contributed by atoms with Gasteiger partial charge in [0.15, 0.2) is 0 Å². The summed E-state index contributed by atoms with van der Waals surface area (Å²) in [6, 6.07) is 14.8. The topological polar surface area (TPSA) is 51.1 Å².